The number of pyridine rings is 1. The second-order valence-electron chi connectivity index (χ2n) is 4.43. The lowest BCUT2D eigenvalue weighted by molar-refractivity contribution is 0.100. The first kappa shape index (κ1) is 12.9. The summed E-state index contributed by atoms with van der Waals surface area (Å²) in [4.78, 5) is 17.3. The molecule has 0 atom stereocenters. The fourth-order valence-corrected chi connectivity index (χ4v) is 1.88. The predicted octanol–water partition coefficient (Wildman–Crippen LogP) is 1.50. The van der Waals surface area contributed by atoms with Crippen molar-refractivity contribution >= 4 is 17.3 Å². The van der Waals surface area contributed by atoms with Crippen LogP contribution >= 0.6 is 0 Å². The maximum absolute atomic E-state index is 11.0. The third-order valence-corrected chi connectivity index (χ3v) is 2.89. The Balaban J connectivity index is 2.47. The molecule has 0 saturated carbocycles. The highest BCUT2D eigenvalue weighted by molar-refractivity contribution is 5.93. The van der Waals surface area contributed by atoms with E-state index in [4.69, 9.17) is 11.5 Å². The first-order valence-electron chi connectivity index (χ1n) is 5.82. The van der Waals surface area contributed by atoms with Crippen molar-refractivity contribution < 1.29 is 4.79 Å². The van der Waals surface area contributed by atoms with E-state index in [0.29, 0.717) is 16.9 Å². The zero-order valence-electron chi connectivity index (χ0n) is 10.9. The van der Waals surface area contributed by atoms with E-state index in [1.807, 2.05) is 25.1 Å². The number of hydrogen-bond acceptors (Lipinski definition) is 4. The molecule has 0 spiro atoms. The largest absolute Gasteiger partial charge is 0.395 e. The van der Waals surface area contributed by atoms with E-state index in [-0.39, 0.29) is 0 Å². The van der Waals surface area contributed by atoms with Gasteiger partial charge in [0.2, 0.25) is 5.91 Å². The Kier molecular flexibility index (Phi) is 3.37. The van der Waals surface area contributed by atoms with Gasteiger partial charge in [-0.1, -0.05) is 12.1 Å². The van der Waals surface area contributed by atoms with Gasteiger partial charge in [-0.15, -0.1) is 0 Å². The van der Waals surface area contributed by atoms with Gasteiger partial charge < -0.3 is 16.4 Å². The maximum Gasteiger partial charge on any atom is 0.248 e. The van der Waals surface area contributed by atoms with Crippen molar-refractivity contribution in [3.63, 3.8) is 0 Å². The molecule has 5 nitrogen and oxygen atoms in total. The summed E-state index contributed by atoms with van der Waals surface area (Å²) in [6, 6.07) is 8.77. The molecule has 4 N–H and O–H groups in total. The molecule has 0 unspecified atom stereocenters. The van der Waals surface area contributed by atoms with E-state index in [1.165, 1.54) is 0 Å². The summed E-state index contributed by atoms with van der Waals surface area (Å²) in [6.07, 6.45) is 1.71. The van der Waals surface area contributed by atoms with Gasteiger partial charge in [0.05, 0.1) is 17.1 Å². The molecule has 0 aliphatic rings. The van der Waals surface area contributed by atoms with Crippen molar-refractivity contribution in [3.05, 3.63) is 42.1 Å². The molecule has 1 heterocycles. The van der Waals surface area contributed by atoms with Gasteiger partial charge in [0.25, 0.3) is 0 Å². The monoisotopic (exact) mass is 256 g/mol. The van der Waals surface area contributed by atoms with Gasteiger partial charge >= 0.3 is 0 Å². The number of carbonyl (C=O) groups excluding carboxylic acids is 1. The number of primary amides is 1. The maximum atomic E-state index is 11.0. The minimum Gasteiger partial charge on any atom is -0.395 e. The van der Waals surface area contributed by atoms with Crippen LogP contribution in [0.1, 0.15) is 10.4 Å². The quantitative estimate of drug-likeness (QED) is 0.871. The predicted molar refractivity (Wildman–Crippen MR) is 76.9 cm³/mol. The number of rotatable bonds is 3. The van der Waals surface area contributed by atoms with Crippen LogP contribution in [0.15, 0.2) is 36.5 Å². The van der Waals surface area contributed by atoms with Crippen LogP contribution < -0.4 is 16.4 Å². The third kappa shape index (κ3) is 2.49. The van der Waals surface area contributed by atoms with Crippen LogP contribution in [0.3, 0.4) is 0 Å². The van der Waals surface area contributed by atoms with Crippen LogP contribution in [-0.2, 0) is 0 Å². The third-order valence-electron chi connectivity index (χ3n) is 2.89. The summed E-state index contributed by atoms with van der Waals surface area (Å²) in [7, 11) is 3.84. The van der Waals surface area contributed by atoms with Crippen LogP contribution in [0.5, 0.6) is 0 Å². The number of benzene rings is 1. The standard InChI is InChI=1S/C14H16N4O/c1-18(2)11-7-8-17-13(12(11)15)9-3-5-10(6-4-9)14(16)19/h3-8H,15H2,1-2H3,(H2,16,19). The van der Waals surface area contributed by atoms with E-state index in [9.17, 15) is 4.79 Å². The summed E-state index contributed by atoms with van der Waals surface area (Å²) in [6.45, 7) is 0. The SMILES string of the molecule is CN(C)c1ccnc(-c2ccc(C(N)=O)cc2)c1N. The summed E-state index contributed by atoms with van der Waals surface area (Å²) in [5.74, 6) is -0.450. The second kappa shape index (κ2) is 4.97. The number of aromatic nitrogens is 1. The van der Waals surface area contributed by atoms with Crippen molar-refractivity contribution in [2.45, 2.75) is 0 Å². The number of anilines is 2. The van der Waals surface area contributed by atoms with Crippen molar-refractivity contribution in [3.8, 4) is 11.3 Å². The van der Waals surface area contributed by atoms with E-state index in [0.717, 1.165) is 11.3 Å². The summed E-state index contributed by atoms with van der Waals surface area (Å²) in [5.41, 5.74) is 14.9. The second-order valence-corrected chi connectivity index (χ2v) is 4.43. The van der Waals surface area contributed by atoms with E-state index >= 15 is 0 Å². The first-order valence-corrected chi connectivity index (χ1v) is 5.82. The van der Waals surface area contributed by atoms with Crippen molar-refractivity contribution in [1.82, 2.24) is 4.98 Å². The Hall–Kier alpha value is -2.56. The molecule has 19 heavy (non-hydrogen) atoms. The first-order chi connectivity index (χ1) is 9.00. The Morgan fingerprint density at radius 1 is 1.16 bits per heavy atom. The average molecular weight is 256 g/mol. The van der Waals surface area contributed by atoms with Gasteiger partial charge in [0.15, 0.2) is 0 Å². The minimum atomic E-state index is -0.450. The van der Waals surface area contributed by atoms with Crippen LogP contribution in [0, 0.1) is 0 Å². The van der Waals surface area contributed by atoms with Crippen LogP contribution in [0.25, 0.3) is 11.3 Å². The fraction of sp³-hybridized carbons (Fsp3) is 0.143. The number of amides is 1. The number of carbonyl (C=O) groups is 1. The smallest absolute Gasteiger partial charge is 0.248 e. The van der Waals surface area contributed by atoms with Crippen LogP contribution in [0.4, 0.5) is 11.4 Å². The molecule has 1 amide bonds. The summed E-state index contributed by atoms with van der Waals surface area (Å²) >= 11 is 0. The van der Waals surface area contributed by atoms with E-state index in [2.05, 4.69) is 4.98 Å². The molecule has 98 valence electrons. The zero-order valence-corrected chi connectivity index (χ0v) is 10.9. The molecule has 1 aromatic carbocycles. The molecular weight excluding hydrogens is 240 g/mol. The number of nitrogen functional groups attached to an aromatic ring is 1. The number of hydrogen-bond donors (Lipinski definition) is 2. The lowest BCUT2D eigenvalue weighted by Gasteiger charge is -2.17. The van der Waals surface area contributed by atoms with Gasteiger partial charge in [-0.05, 0) is 18.2 Å². The highest BCUT2D eigenvalue weighted by Gasteiger charge is 2.10. The Morgan fingerprint density at radius 2 is 1.79 bits per heavy atom. The Labute approximate surface area is 111 Å². The molecule has 2 rings (SSSR count). The van der Waals surface area contributed by atoms with Crippen molar-refractivity contribution in [1.29, 1.82) is 0 Å². The normalized spacial score (nSPS) is 10.2. The topological polar surface area (TPSA) is 85.2 Å². The Bertz CT molecular complexity index is 605. The molecular formula is C14H16N4O. The number of nitrogens with two attached hydrogens (primary N) is 2. The lowest BCUT2D eigenvalue weighted by atomic mass is 10.1. The van der Waals surface area contributed by atoms with E-state index < -0.39 is 5.91 Å². The molecule has 0 aliphatic heterocycles. The van der Waals surface area contributed by atoms with Gasteiger partial charge in [-0.25, -0.2) is 0 Å². The highest BCUT2D eigenvalue weighted by Crippen LogP contribution is 2.30. The molecule has 2 aromatic rings. The Morgan fingerprint density at radius 3 is 2.32 bits per heavy atom. The molecule has 1 aromatic heterocycles. The van der Waals surface area contributed by atoms with E-state index in [1.54, 1.807) is 30.5 Å². The van der Waals surface area contributed by atoms with Gasteiger partial charge in [-0.2, -0.15) is 0 Å². The van der Waals surface area contributed by atoms with Crippen LogP contribution in [-0.4, -0.2) is 25.0 Å². The fourth-order valence-electron chi connectivity index (χ4n) is 1.88. The van der Waals surface area contributed by atoms with Gasteiger partial charge in [0.1, 0.15) is 0 Å². The molecule has 0 radical (unpaired) electrons. The molecule has 0 aliphatic carbocycles. The molecule has 5 heteroatoms. The average Bonchev–Trinajstić information content (AvgIpc) is 2.38. The van der Waals surface area contributed by atoms with Crippen LogP contribution in [0.2, 0.25) is 0 Å². The number of nitrogens with zero attached hydrogens (tertiary/aromatic N) is 2. The highest BCUT2D eigenvalue weighted by atomic mass is 16.1. The minimum absolute atomic E-state index is 0.450. The van der Waals surface area contributed by atoms with Crippen molar-refractivity contribution in [2.75, 3.05) is 24.7 Å². The van der Waals surface area contributed by atoms with Gasteiger partial charge in [0, 0.05) is 31.4 Å². The summed E-state index contributed by atoms with van der Waals surface area (Å²) < 4.78 is 0. The lowest BCUT2D eigenvalue weighted by Crippen LogP contribution is -2.12. The molecule has 0 fully saturated rings. The summed E-state index contributed by atoms with van der Waals surface area (Å²) in [5, 5.41) is 0. The molecule has 0 saturated heterocycles. The zero-order chi connectivity index (χ0) is 14.0. The van der Waals surface area contributed by atoms with Crippen molar-refractivity contribution in [2.24, 2.45) is 5.73 Å². The van der Waals surface area contributed by atoms with Gasteiger partial charge in [-0.3, -0.25) is 9.78 Å². The molecule has 0 bridgehead atoms.